The molecule has 0 radical (unpaired) electrons. The Morgan fingerprint density at radius 1 is 1.15 bits per heavy atom. The standard InChI is InChI=1S/C18H17N5O2S/c1-2-7-25-17-16-13(5-6-19-17)15(22-23-16)14-9-21-18(26-14)11-3-4-12(10-24)20-8-11/h3-6,8-9,24H,2,7,10H2,1H3,(H,22,23). The summed E-state index contributed by atoms with van der Waals surface area (Å²) in [6.07, 6.45) is 6.18. The molecule has 132 valence electrons. The quantitative estimate of drug-likeness (QED) is 0.542. The molecule has 0 aliphatic rings. The minimum absolute atomic E-state index is 0.0694. The molecule has 0 fully saturated rings. The van der Waals surface area contributed by atoms with Crippen molar-refractivity contribution in [3.8, 4) is 27.0 Å². The SMILES string of the molecule is CCCOc1nccc2c(-c3cnc(-c4ccc(CO)nc4)s3)[nH]nc12. The molecule has 0 aliphatic heterocycles. The Balaban J connectivity index is 1.69. The van der Waals surface area contributed by atoms with Gasteiger partial charge in [0.15, 0.2) is 5.52 Å². The maximum absolute atomic E-state index is 9.10. The molecule has 4 heterocycles. The van der Waals surface area contributed by atoms with Gasteiger partial charge in [-0.1, -0.05) is 6.92 Å². The van der Waals surface area contributed by atoms with Crippen LogP contribution in [0.4, 0.5) is 0 Å². The Morgan fingerprint density at radius 3 is 2.85 bits per heavy atom. The lowest BCUT2D eigenvalue weighted by atomic mass is 10.2. The number of hydrogen-bond acceptors (Lipinski definition) is 7. The minimum atomic E-state index is -0.0694. The first-order valence-electron chi connectivity index (χ1n) is 8.28. The van der Waals surface area contributed by atoms with Crippen LogP contribution in [0.5, 0.6) is 5.88 Å². The van der Waals surface area contributed by atoms with Crippen LogP contribution < -0.4 is 4.74 Å². The number of aromatic nitrogens is 5. The van der Waals surface area contributed by atoms with Gasteiger partial charge in [-0.2, -0.15) is 5.10 Å². The average molecular weight is 367 g/mol. The van der Waals surface area contributed by atoms with Crippen molar-refractivity contribution in [1.82, 2.24) is 25.1 Å². The lowest BCUT2D eigenvalue weighted by molar-refractivity contribution is 0.277. The van der Waals surface area contributed by atoms with Gasteiger partial charge in [0.05, 0.1) is 29.5 Å². The highest BCUT2D eigenvalue weighted by Gasteiger charge is 2.15. The summed E-state index contributed by atoms with van der Waals surface area (Å²) in [5.74, 6) is 0.542. The number of fused-ring (bicyclic) bond motifs is 1. The lowest BCUT2D eigenvalue weighted by Crippen LogP contribution is -1.97. The molecule has 0 aromatic carbocycles. The highest BCUT2D eigenvalue weighted by molar-refractivity contribution is 7.18. The number of rotatable bonds is 6. The van der Waals surface area contributed by atoms with Gasteiger partial charge in [-0.25, -0.2) is 9.97 Å². The van der Waals surface area contributed by atoms with Gasteiger partial charge >= 0.3 is 0 Å². The second-order valence-corrected chi connectivity index (χ2v) is 6.72. The normalized spacial score (nSPS) is 11.2. The minimum Gasteiger partial charge on any atom is -0.476 e. The molecule has 0 saturated carbocycles. The van der Waals surface area contributed by atoms with Crippen molar-refractivity contribution in [2.45, 2.75) is 20.0 Å². The Labute approximate surface area is 153 Å². The molecule has 4 aromatic rings. The zero-order chi connectivity index (χ0) is 17.9. The molecule has 8 heteroatoms. The van der Waals surface area contributed by atoms with Crippen molar-refractivity contribution in [2.75, 3.05) is 6.61 Å². The summed E-state index contributed by atoms with van der Waals surface area (Å²) >= 11 is 1.55. The fraction of sp³-hybridized carbons (Fsp3) is 0.222. The fourth-order valence-electron chi connectivity index (χ4n) is 2.58. The lowest BCUT2D eigenvalue weighted by Gasteiger charge is -2.03. The second-order valence-electron chi connectivity index (χ2n) is 5.69. The largest absolute Gasteiger partial charge is 0.476 e. The highest BCUT2D eigenvalue weighted by atomic mass is 32.1. The Morgan fingerprint density at radius 2 is 2.08 bits per heavy atom. The van der Waals surface area contributed by atoms with Gasteiger partial charge in [-0.3, -0.25) is 10.1 Å². The number of pyridine rings is 2. The van der Waals surface area contributed by atoms with Gasteiger partial charge in [0.1, 0.15) is 5.01 Å². The molecule has 0 unspecified atom stereocenters. The number of nitrogens with one attached hydrogen (secondary N) is 1. The molecule has 0 saturated heterocycles. The third-order valence-electron chi connectivity index (χ3n) is 3.87. The van der Waals surface area contributed by atoms with Crippen molar-refractivity contribution in [3.05, 3.63) is 42.5 Å². The maximum atomic E-state index is 9.10. The van der Waals surface area contributed by atoms with Crippen LogP contribution >= 0.6 is 11.3 Å². The monoisotopic (exact) mass is 367 g/mol. The first kappa shape index (κ1) is 16.6. The zero-order valence-electron chi connectivity index (χ0n) is 14.1. The summed E-state index contributed by atoms with van der Waals surface area (Å²) in [7, 11) is 0. The summed E-state index contributed by atoms with van der Waals surface area (Å²) < 4.78 is 5.68. The van der Waals surface area contributed by atoms with Gasteiger partial charge in [0, 0.05) is 29.5 Å². The summed E-state index contributed by atoms with van der Waals surface area (Å²) in [5, 5.41) is 18.4. The highest BCUT2D eigenvalue weighted by Crippen LogP contribution is 2.35. The van der Waals surface area contributed by atoms with E-state index in [9.17, 15) is 0 Å². The number of H-pyrrole nitrogens is 1. The topological polar surface area (TPSA) is 96.8 Å². The van der Waals surface area contributed by atoms with Crippen molar-refractivity contribution in [2.24, 2.45) is 0 Å². The number of aromatic amines is 1. The molecule has 0 amide bonds. The molecule has 4 aromatic heterocycles. The van der Waals surface area contributed by atoms with Crippen LogP contribution in [0.25, 0.3) is 32.0 Å². The maximum Gasteiger partial charge on any atom is 0.242 e. The molecular formula is C18H17N5O2S. The summed E-state index contributed by atoms with van der Waals surface area (Å²) in [5.41, 5.74) is 3.17. The summed E-state index contributed by atoms with van der Waals surface area (Å²) in [6, 6.07) is 5.63. The van der Waals surface area contributed by atoms with Crippen LogP contribution in [0.3, 0.4) is 0 Å². The van der Waals surface area contributed by atoms with E-state index in [-0.39, 0.29) is 6.61 Å². The third kappa shape index (κ3) is 3.04. The second kappa shape index (κ2) is 7.19. The third-order valence-corrected chi connectivity index (χ3v) is 4.93. The van der Waals surface area contributed by atoms with E-state index in [1.165, 1.54) is 0 Å². The smallest absolute Gasteiger partial charge is 0.242 e. The molecule has 0 aliphatic carbocycles. The zero-order valence-corrected chi connectivity index (χ0v) is 15.0. The Bertz CT molecular complexity index is 1030. The van der Waals surface area contributed by atoms with Gasteiger partial charge < -0.3 is 9.84 Å². The molecule has 26 heavy (non-hydrogen) atoms. The van der Waals surface area contributed by atoms with Crippen molar-refractivity contribution >= 4 is 22.2 Å². The van der Waals surface area contributed by atoms with Crippen LogP contribution in [-0.4, -0.2) is 36.9 Å². The van der Waals surface area contributed by atoms with E-state index in [4.69, 9.17) is 9.84 Å². The van der Waals surface area contributed by atoms with Gasteiger partial charge in [0.25, 0.3) is 0 Å². The van der Waals surface area contributed by atoms with E-state index in [1.54, 1.807) is 29.8 Å². The Hall–Kier alpha value is -2.84. The molecule has 4 rings (SSSR count). The van der Waals surface area contributed by atoms with Crippen LogP contribution in [0.2, 0.25) is 0 Å². The summed E-state index contributed by atoms with van der Waals surface area (Å²) in [4.78, 5) is 14.0. The van der Waals surface area contributed by atoms with E-state index < -0.39 is 0 Å². The molecule has 0 bridgehead atoms. The van der Waals surface area contributed by atoms with E-state index in [0.29, 0.717) is 18.2 Å². The molecular weight excluding hydrogens is 350 g/mol. The molecule has 2 N–H and O–H groups in total. The van der Waals surface area contributed by atoms with Crippen LogP contribution in [-0.2, 0) is 6.61 Å². The van der Waals surface area contributed by atoms with Crippen LogP contribution in [0.15, 0.2) is 36.8 Å². The van der Waals surface area contributed by atoms with E-state index in [0.717, 1.165) is 38.5 Å². The van der Waals surface area contributed by atoms with Gasteiger partial charge in [-0.05, 0) is 24.6 Å². The molecule has 7 nitrogen and oxygen atoms in total. The van der Waals surface area contributed by atoms with Crippen LogP contribution in [0, 0.1) is 0 Å². The number of hydrogen-bond donors (Lipinski definition) is 2. The van der Waals surface area contributed by atoms with Crippen molar-refractivity contribution < 1.29 is 9.84 Å². The number of nitrogens with zero attached hydrogens (tertiary/aromatic N) is 4. The number of aliphatic hydroxyl groups is 1. The van der Waals surface area contributed by atoms with Crippen molar-refractivity contribution in [3.63, 3.8) is 0 Å². The molecule has 0 spiro atoms. The number of aliphatic hydroxyl groups excluding tert-OH is 1. The van der Waals surface area contributed by atoms with Gasteiger partial charge in [0.2, 0.25) is 5.88 Å². The van der Waals surface area contributed by atoms with Crippen LogP contribution in [0.1, 0.15) is 19.0 Å². The van der Waals surface area contributed by atoms with Crippen molar-refractivity contribution in [1.29, 1.82) is 0 Å². The van der Waals surface area contributed by atoms with E-state index in [1.807, 2.05) is 18.3 Å². The predicted molar refractivity (Wildman–Crippen MR) is 99.9 cm³/mol. The average Bonchev–Trinajstić information content (AvgIpc) is 3.33. The fourth-order valence-corrected chi connectivity index (χ4v) is 3.49. The number of thiazole rings is 1. The van der Waals surface area contributed by atoms with E-state index >= 15 is 0 Å². The Kier molecular flexibility index (Phi) is 4.59. The first-order valence-corrected chi connectivity index (χ1v) is 9.10. The van der Waals surface area contributed by atoms with E-state index in [2.05, 4.69) is 32.1 Å². The first-order chi connectivity index (χ1) is 12.8. The molecule has 0 atom stereocenters. The number of ether oxygens (including phenoxy) is 1. The van der Waals surface area contributed by atoms with Gasteiger partial charge in [-0.15, -0.1) is 11.3 Å². The predicted octanol–water partition coefficient (Wildman–Crippen LogP) is 3.42. The summed E-state index contributed by atoms with van der Waals surface area (Å²) in [6.45, 7) is 2.59.